The van der Waals surface area contributed by atoms with E-state index in [0.717, 1.165) is 21.5 Å². The van der Waals surface area contributed by atoms with Gasteiger partial charge in [0.25, 0.3) is 0 Å². The van der Waals surface area contributed by atoms with Crippen LogP contribution in [0, 0.1) is 0 Å². The molecule has 16 heavy (non-hydrogen) atoms. The molecule has 0 saturated heterocycles. The zero-order valence-corrected chi connectivity index (χ0v) is 8.64. The molecule has 0 saturated carbocycles. The fraction of sp³-hybridized carbons (Fsp3) is 0. The van der Waals surface area contributed by atoms with Crippen molar-refractivity contribution >= 4 is 21.5 Å². The first kappa shape index (κ1) is 10.5. The van der Waals surface area contributed by atoms with Crippen molar-refractivity contribution in [3.8, 4) is 5.75 Å². The fourth-order valence-electron chi connectivity index (χ4n) is 2.04. The molecule has 0 spiro atoms. The van der Waals surface area contributed by atoms with Crippen LogP contribution in [0.2, 0.25) is 0 Å². The first-order valence-corrected chi connectivity index (χ1v) is 4.96. The summed E-state index contributed by atoms with van der Waals surface area (Å²) in [5, 5.41) is 14.2. The average Bonchev–Trinajstić information content (AvgIpc) is 2.29. The maximum Gasteiger partial charge on any atom is 0.124 e. The van der Waals surface area contributed by atoms with Crippen molar-refractivity contribution in [3.63, 3.8) is 0 Å². The van der Waals surface area contributed by atoms with E-state index in [1.807, 2.05) is 36.4 Å². The van der Waals surface area contributed by atoms with Crippen molar-refractivity contribution in [3.05, 3.63) is 54.6 Å². The average molecular weight is 212 g/mol. The van der Waals surface area contributed by atoms with Gasteiger partial charge in [0.1, 0.15) is 5.75 Å². The highest BCUT2D eigenvalue weighted by atomic mass is 16.3. The van der Waals surface area contributed by atoms with Crippen molar-refractivity contribution in [1.82, 2.24) is 0 Å². The largest absolute Gasteiger partial charge is 0.507 e. The van der Waals surface area contributed by atoms with Crippen molar-refractivity contribution < 1.29 is 10.6 Å². The van der Waals surface area contributed by atoms with Crippen LogP contribution in [0.1, 0.15) is 0 Å². The zero-order valence-electron chi connectivity index (χ0n) is 8.64. The molecule has 2 nitrogen and oxygen atoms in total. The summed E-state index contributed by atoms with van der Waals surface area (Å²) in [4.78, 5) is 0. The Labute approximate surface area is 93.1 Å². The second kappa shape index (κ2) is 3.83. The molecule has 3 rings (SSSR count). The topological polar surface area (TPSA) is 51.7 Å². The Bertz CT molecular complexity index is 644. The van der Waals surface area contributed by atoms with Crippen molar-refractivity contribution in [2.45, 2.75) is 0 Å². The molecule has 80 valence electrons. The minimum Gasteiger partial charge on any atom is -0.507 e. The third-order valence-corrected chi connectivity index (χ3v) is 2.75. The minimum absolute atomic E-state index is 0. The van der Waals surface area contributed by atoms with Crippen LogP contribution in [0.5, 0.6) is 5.75 Å². The molecule has 0 bridgehead atoms. The van der Waals surface area contributed by atoms with E-state index in [-0.39, 0.29) is 5.48 Å². The molecule has 0 aliphatic carbocycles. The smallest absolute Gasteiger partial charge is 0.124 e. The lowest BCUT2D eigenvalue weighted by Crippen LogP contribution is -1.77. The summed E-state index contributed by atoms with van der Waals surface area (Å²) in [5.41, 5.74) is 0. The lowest BCUT2D eigenvalue weighted by atomic mass is 10.0. The lowest BCUT2D eigenvalue weighted by molar-refractivity contribution is 0.482. The third kappa shape index (κ3) is 1.40. The zero-order chi connectivity index (χ0) is 10.3. The molecule has 2 heteroatoms. The predicted molar refractivity (Wildman–Crippen MR) is 66.7 cm³/mol. The summed E-state index contributed by atoms with van der Waals surface area (Å²) >= 11 is 0. The molecule has 0 aliphatic rings. The molecule has 0 amide bonds. The summed E-state index contributed by atoms with van der Waals surface area (Å²) in [6, 6.07) is 17.8. The van der Waals surface area contributed by atoms with E-state index in [1.54, 1.807) is 6.07 Å². The monoisotopic (exact) mass is 212 g/mol. The highest BCUT2D eigenvalue weighted by Gasteiger charge is 2.03. The normalized spacial score (nSPS) is 10.2. The Morgan fingerprint density at radius 1 is 0.688 bits per heavy atom. The van der Waals surface area contributed by atoms with Crippen LogP contribution in [0.3, 0.4) is 0 Å². The predicted octanol–water partition coefficient (Wildman–Crippen LogP) is 2.87. The number of phenols is 1. The van der Waals surface area contributed by atoms with Gasteiger partial charge in [-0.05, 0) is 22.2 Å². The Hall–Kier alpha value is -2.06. The van der Waals surface area contributed by atoms with Gasteiger partial charge >= 0.3 is 0 Å². The number of hydrogen-bond donors (Lipinski definition) is 1. The van der Waals surface area contributed by atoms with Gasteiger partial charge in [-0.3, -0.25) is 0 Å². The molecule has 3 aromatic rings. The molecule has 0 unspecified atom stereocenters. The first-order valence-electron chi connectivity index (χ1n) is 4.96. The molecule has 0 aromatic heterocycles. The maximum absolute atomic E-state index is 9.87. The number of fused-ring (bicyclic) bond motifs is 3. The second-order valence-corrected chi connectivity index (χ2v) is 3.66. The number of aromatic hydroxyl groups is 1. The number of benzene rings is 3. The van der Waals surface area contributed by atoms with Crippen LogP contribution >= 0.6 is 0 Å². The Kier molecular flexibility index (Phi) is 2.50. The van der Waals surface area contributed by atoms with Gasteiger partial charge in [-0.2, -0.15) is 0 Å². The van der Waals surface area contributed by atoms with E-state index >= 15 is 0 Å². The van der Waals surface area contributed by atoms with Gasteiger partial charge in [-0.25, -0.2) is 0 Å². The molecule has 0 atom stereocenters. The van der Waals surface area contributed by atoms with Gasteiger partial charge in [0.2, 0.25) is 0 Å². The molecule has 0 aliphatic heterocycles. The molecular weight excluding hydrogens is 200 g/mol. The summed E-state index contributed by atoms with van der Waals surface area (Å²) in [7, 11) is 0. The van der Waals surface area contributed by atoms with E-state index in [2.05, 4.69) is 12.1 Å². The molecule has 0 heterocycles. The van der Waals surface area contributed by atoms with Crippen molar-refractivity contribution in [1.29, 1.82) is 0 Å². The number of rotatable bonds is 0. The lowest BCUT2D eigenvalue weighted by Gasteiger charge is -2.05. The second-order valence-electron chi connectivity index (χ2n) is 3.66. The van der Waals surface area contributed by atoms with E-state index in [4.69, 9.17) is 0 Å². The van der Waals surface area contributed by atoms with Crippen LogP contribution in [0.4, 0.5) is 0 Å². The van der Waals surface area contributed by atoms with Crippen LogP contribution in [-0.4, -0.2) is 10.6 Å². The quantitative estimate of drug-likeness (QED) is 0.572. The van der Waals surface area contributed by atoms with E-state index in [1.165, 1.54) is 0 Å². The minimum atomic E-state index is 0. The van der Waals surface area contributed by atoms with Gasteiger partial charge in [0, 0.05) is 5.39 Å². The third-order valence-electron chi connectivity index (χ3n) is 2.75. The highest BCUT2D eigenvalue weighted by molar-refractivity contribution is 6.10. The summed E-state index contributed by atoms with van der Waals surface area (Å²) in [5.74, 6) is 0.351. The highest BCUT2D eigenvalue weighted by Crippen LogP contribution is 2.31. The molecule has 3 N–H and O–H groups in total. The SMILES string of the molecule is O.Oc1cccc2ccc3ccccc3c12. The van der Waals surface area contributed by atoms with Gasteiger partial charge in [0.05, 0.1) is 0 Å². The maximum atomic E-state index is 9.87. The standard InChI is InChI=1S/C14H10O.H2O/c15-13-7-3-5-11-9-8-10-4-1-2-6-12(10)14(11)13;/h1-9,15H;1H2. The van der Waals surface area contributed by atoms with E-state index in [9.17, 15) is 5.11 Å². The van der Waals surface area contributed by atoms with E-state index < -0.39 is 0 Å². The molecule has 3 aromatic carbocycles. The van der Waals surface area contributed by atoms with Crippen LogP contribution in [0.25, 0.3) is 21.5 Å². The summed E-state index contributed by atoms with van der Waals surface area (Å²) in [6.07, 6.45) is 0. The molecular formula is C14H12O2. The van der Waals surface area contributed by atoms with Gasteiger partial charge in [0.15, 0.2) is 0 Å². The first-order chi connectivity index (χ1) is 7.36. The van der Waals surface area contributed by atoms with Crippen LogP contribution in [0.15, 0.2) is 54.6 Å². The van der Waals surface area contributed by atoms with Crippen molar-refractivity contribution in [2.75, 3.05) is 0 Å². The van der Waals surface area contributed by atoms with Gasteiger partial charge in [-0.1, -0.05) is 48.5 Å². The number of phenolic OH excluding ortho intramolecular Hbond substituents is 1. The summed E-state index contributed by atoms with van der Waals surface area (Å²) in [6.45, 7) is 0. The molecule has 0 fully saturated rings. The Balaban J connectivity index is 0.000000963. The number of hydrogen-bond acceptors (Lipinski definition) is 1. The van der Waals surface area contributed by atoms with Crippen LogP contribution in [-0.2, 0) is 0 Å². The summed E-state index contributed by atoms with van der Waals surface area (Å²) < 4.78 is 0. The fourth-order valence-corrected chi connectivity index (χ4v) is 2.04. The van der Waals surface area contributed by atoms with Gasteiger partial charge < -0.3 is 10.6 Å². The van der Waals surface area contributed by atoms with Gasteiger partial charge in [-0.15, -0.1) is 0 Å². The molecule has 0 radical (unpaired) electrons. The Morgan fingerprint density at radius 2 is 1.38 bits per heavy atom. The van der Waals surface area contributed by atoms with Crippen molar-refractivity contribution in [2.24, 2.45) is 0 Å². The Morgan fingerprint density at radius 3 is 2.25 bits per heavy atom. The van der Waals surface area contributed by atoms with Crippen LogP contribution < -0.4 is 0 Å². The van der Waals surface area contributed by atoms with E-state index in [0.29, 0.717) is 5.75 Å².